The average molecular weight is 259 g/mol. The van der Waals surface area contributed by atoms with Crippen LogP contribution in [0.15, 0.2) is 18.3 Å². The van der Waals surface area contributed by atoms with E-state index in [4.69, 9.17) is 4.98 Å². The highest BCUT2D eigenvalue weighted by Crippen LogP contribution is 2.30. The molecule has 104 valence electrons. The minimum absolute atomic E-state index is 0.515. The van der Waals surface area contributed by atoms with Crippen LogP contribution in [-0.4, -0.2) is 24.6 Å². The number of hydrogen-bond donors (Lipinski definition) is 1. The van der Waals surface area contributed by atoms with Gasteiger partial charge in [-0.25, -0.2) is 4.98 Å². The fraction of sp³-hybridized carbons (Fsp3) is 0.688. The first-order valence-electron chi connectivity index (χ1n) is 7.88. The molecule has 0 radical (unpaired) electrons. The summed E-state index contributed by atoms with van der Waals surface area (Å²) in [6.07, 6.45) is 11.2. The second-order valence-corrected chi connectivity index (χ2v) is 5.82. The normalized spacial score (nSPS) is 25.1. The highest BCUT2D eigenvalue weighted by Gasteiger charge is 2.21. The number of hydrogen-bond acceptors (Lipinski definition) is 3. The molecule has 3 heteroatoms. The van der Waals surface area contributed by atoms with Gasteiger partial charge in [-0.15, -0.1) is 0 Å². The molecule has 0 saturated carbocycles. The number of piperidine rings is 1. The third-order valence-corrected chi connectivity index (χ3v) is 4.41. The SMILES string of the molecule is c1cnc(N2CCCCCC2)c(C2CCCCN2)c1. The minimum Gasteiger partial charge on any atom is -0.356 e. The van der Waals surface area contributed by atoms with Crippen LogP contribution >= 0.6 is 0 Å². The number of aromatic nitrogens is 1. The van der Waals surface area contributed by atoms with E-state index in [1.165, 1.54) is 69.4 Å². The summed E-state index contributed by atoms with van der Waals surface area (Å²) < 4.78 is 0. The Morgan fingerprint density at radius 1 is 1.05 bits per heavy atom. The fourth-order valence-corrected chi connectivity index (χ4v) is 3.35. The van der Waals surface area contributed by atoms with Gasteiger partial charge in [0.15, 0.2) is 0 Å². The summed E-state index contributed by atoms with van der Waals surface area (Å²) in [6.45, 7) is 3.51. The summed E-state index contributed by atoms with van der Waals surface area (Å²) in [7, 11) is 0. The molecule has 1 unspecified atom stereocenters. The first-order chi connectivity index (χ1) is 9.45. The first-order valence-corrected chi connectivity index (χ1v) is 7.88. The summed E-state index contributed by atoms with van der Waals surface area (Å²) >= 11 is 0. The van der Waals surface area contributed by atoms with Gasteiger partial charge in [0.2, 0.25) is 0 Å². The summed E-state index contributed by atoms with van der Waals surface area (Å²) in [5.74, 6) is 1.24. The van der Waals surface area contributed by atoms with Gasteiger partial charge in [0.25, 0.3) is 0 Å². The highest BCUT2D eigenvalue weighted by molar-refractivity contribution is 5.48. The van der Waals surface area contributed by atoms with Crippen LogP contribution in [0.5, 0.6) is 0 Å². The van der Waals surface area contributed by atoms with Gasteiger partial charge in [-0.2, -0.15) is 0 Å². The lowest BCUT2D eigenvalue weighted by Crippen LogP contribution is -2.31. The Hall–Kier alpha value is -1.09. The molecule has 1 N–H and O–H groups in total. The van der Waals surface area contributed by atoms with Crippen LogP contribution in [-0.2, 0) is 0 Å². The van der Waals surface area contributed by atoms with E-state index in [-0.39, 0.29) is 0 Å². The predicted molar refractivity (Wildman–Crippen MR) is 79.5 cm³/mol. The molecule has 0 spiro atoms. The first kappa shape index (κ1) is 12.9. The lowest BCUT2D eigenvalue weighted by Gasteiger charge is -2.30. The molecule has 3 nitrogen and oxygen atoms in total. The van der Waals surface area contributed by atoms with E-state index in [1.807, 2.05) is 6.20 Å². The molecule has 1 aromatic rings. The van der Waals surface area contributed by atoms with Crippen molar-refractivity contribution < 1.29 is 0 Å². The van der Waals surface area contributed by atoms with Gasteiger partial charge in [-0.3, -0.25) is 0 Å². The van der Waals surface area contributed by atoms with Gasteiger partial charge in [0.05, 0.1) is 0 Å². The largest absolute Gasteiger partial charge is 0.356 e. The Kier molecular flexibility index (Phi) is 4.34. The molecule has 0 amide bonds. The fourth-order valence-electron chi connectivity index (χ4n) is 3.35. The number of nitrogens with one attached hydrogen (secondary N) is 1. The van der Waals surface area contributed by atoms with Crippen molar-refractivity contribution in [3.8, 4) is 0 Å². The highest BCUT2D eigenvalue weighted by atomic mass is 15.2. The van der Waals surface area contributed by atoms with Crippen molar-refractivity contribution in [2.45, 2.75) is 51.0 Å². The van der Waals surface area contributed by atoms with Gasteiger partial charge in [0, 0.05) is 30.9 Å². The number of anilines is 1. The van der Waals surface area contributed by atoms with Crippen molar-refractivity contribution in [2.24, 2.45) is 0 Å². The molecule has 0 aliphatic carbocycles. The molecule has 1 atom stereocenters. The molecule has 1 aromatic heterocycles. The topological polar surface area (TPSA) is 28.2 Å². The van der Waals surface area contributed by atoms with Crippen LogP contribution in [0.4, 0.5) is 5.82 Å². The number of nitrogens with zero attached hydrogens (tertiary/aromatic N) is 2. The number of pyridine rings is 1. The Morgan fingerprint density at radius 3 is 2.63 bits per heavy atom. The second kappa shape index (κ2) is 6.38. The molecule has 2 aliphatic heterocycles. The quantitative estimate of drug-likeness (QED) is 0.883. The molecule has 0 bridgehead atoms. The van der Waals surface area contributed by atoms with Crippen molar-refractivity contribution in [1.82, 2.24) is 10.3 Å². The molecule has 19 heavy (non-hydrogen) atoms. The maximum atomic E-state index is 4.71. The summed E-state index contributed by atoms with van der Waals surface area (Å²) in [5, 5.41) is 3.66. The number of rotatable bonds is 2. The van der Waals surface area contributed by atoms with Crippen molar-refractivity contribution in [3.63, 3.8) is 0 Å². The van der Waals surface area contributed by atoms with Gasteiger partial charge in [-0.05, 0) is 38.3 Å². The third-order valence-electron chi connectivity index (χ3n) is 4.41. The van der Waals surface area contributed by atoms with E-state index in [9.17, 15) is 0 Å². The monoisotopic (exact) mass is 259 g/mol. The van der Waals surface area contributed by atoms with E-state index in [0.717, 1.165) is 6.54 Å². The Bertz CT molecular complexity index is 391. The van der Waals surface area contributed by atoms with Crippen LogP contribution in [0.25, 0.3) is 0 Å². The second-order valence-electron chi connectivity index (χ2n) is 5.82. The average Bonchev–Trinajstić information content (AvgIpc) is 2.77. The molecule has 3 rings (SSSR count). The van der Waals surface area contributed by atoms with E-state index < -0.39 is 0 Å². The van der Waals surface area contributed by atoms with Crippen molar-refractivity contribution in [1.29, 1.82) is 0 Å². The van der Waals surface area contributed by atoms with E-state index in [0.29, 0.717) is 6.04 Å². The predicted octanol–water partition coefficient (Wildman–Crippen LogP) is 3.28. The standard InChI is InChI=1S/C16H25N3/c1-2-6-13-19(12-5-1)16-14(8-7-11-18-16)15-9-3-4-10-17-15/h7-8,11,15,17H,1-6,9-10,12-13H2. The van der Waals surface area contributed by atoms with Crippen LogP contribution in [0, 0.1) is 0 Å². The molecule has 2 saturated heterocycles. The molecule has 3 heterocycles. The Morgan fingerprint density at radius 2 is 1.89 bits per heavy atom. The van der Waals surface area contributed by atoms with Crippen LogP contribution in [0.2, 0.25) is 0 Å². The van der Waals surface area contributed by atoms with Crippen LogP contribution < -0.4 is 10.2 Å². The van der Waals surface area contributed by atoms with Gasteiger partial charge in [0.1, 0.15) is 5.82 Å². The van der Waals surface area contributed by atoms with E-state index in [1.54, 1.807) is 0 Å². The zero-order valence-corrected chi connectivity index (χ0v) is 11.8. The lowest BCUT2D eigenvalue weighted by atomic mass is 9.97. The molecular formula is C16H25N3. The zero-order chi connectivity index (χ0) is 12.9. The van der Waals surface area contributed by atoms with Crippen LogP contribution in [0.3, 0.4) is 0 Å². The maximum Gasteiger partial charge on any atom is 0.133 e. The summed E-state index contributed by atoms with van der Waals surface area (Å²) in [5.41, 5.74) is 1.42. The van der Waals surface area contributed by atoms with Gasteiger partial charge >= 0.3 is 0 Å². The zero-order valence-electron chi connectivity index (χ0n) is 11.8. The third kappa shape index (κ3) is 3.08. The summed E-state index contributed by atoms with van der Waals surface area (Å²) in [4.78, 5) is 7.22. The molecule has 2 aliphatic rings. The van der Waals surface area contributed by atoms with E-state index in [2.05, 4.69) is 22.3 Å². The Labute approximate surface area is 116 Å². The smallest absolute Gasteiger partial charge is 0.133 e. The minimum atomic E-state index is 0.515. The van der Waals surface area contributed by atoms with Gasteiger partial charge in [-0.1, -0.05) is 25.3 Å². The Balaban J connectivity index is 1.83. The molecule has 0 aromatic carbocycles. The summed E-state index contributed by atoms with van der Waals surface area (Å²) in [6, 6.07) is 4.88. The van der Waals surface area contributed by atoms with Crippen molar-refractivity contribution >= 4 is 5.82 Å². The van der Waals surface area contributed by atoms with Crippen LogP contribution in [0.1, 0.15) is 56.6 Å². The molecule has 2 fully saturated rings. The van der Waals surface area contributed by atoms with Crippen molar-refractivity contribution in [3.05, 3.63) is 23.9 Å². The molecular weight excluding hydrogens is 234 g/mol. The van der Waals surface area contributed by atoms with Gasteiger partial charge < -0.3 is 10.2 Å². The maximum absolute atomic E-state index is 4.71. The van der Waals surface area contributed by atoms with E-state index >= 15 is 0 Å². The lowest BCUT2D eigenvalue weighted by molar-refractivity contribution is 0.411. The van der Waals surface area contributed by atoms with Crippen molar-refractivity contribution in [2.75, 3.05) is 24.5 Å².